The Labute approximate surface area is 271 Å². The zero-order chi connectivity index (χ0) is 31.7. The Morgan fingerprint density at radius 3 is 1.84 bits per heavy atom. The molecular weight excluding hydrogens is 556 g/mol. The number of benzene rings is 4. The molecule has 4 heteroatoms. The van der Waals surface area contributed by atoms with E-state index in [1.54, 1.807) is 0 Å². The highest BCUT2D eigenvalue weighted by Gasteiger charge is 2.17. The molecule has 1 atom stereocenters. The summed E-state index contributed by atoms with van der Waals surface area (Å²) in [6.45, 7) is 8.14. The maximum atomic E-state index is 12.5. The molecule has 4 aromatic rings. The lowest BCUT2D eigenvalue weighted by atomic mass is 9.98. The van der Waals surface area contributed by atoms with Gasteiger partial charge in [-0.2, -0.15) is 0 Å². The summed E-state index contributed by atoms with van der Waals surface area (Å²) in [4.78, 5) is 12.5. The smallest absolute Gasteiger partial charge is 0.313 e. The van der Waals surface area contributed by atoms with Gasteiger partial charge >= 0.3 is 5.97 Å². The van der Waals surface area contributed by atoms with Crippen molar-refractivity contribution in [2.75, 3.05) is 13.2 Å². The number of carbonyl (C=O) groups is 1. The van der Waals surface area contributed by atoms with Crippen LogP contribution in [0.1, 0.15) is 108 Å². The molecule has 0 unspecified atom stereocenters. The highest BCUT2D eigenvalue weighted by Crippen LogP contribution is 2.27. The predicted molar refractivity (Wildman–Crippen MR) is 187 cm³/mol. The van der Waals surface area contributed by atoms with E-state index in [2.05, 4.69) is 86.6 Å². The Morgan fingerprint density at radius 2 is 1.13 bits per heavy atom. The molecule has 45 heavy (non-hydrogen) atoms. The monoisotopic (exact) mass is 608 g/mol. The first kappa shape index (κ1) is 34.1. The van der Waals surface area contributed by atoms with Crippen LogP contribution < -0.4 is 9.47 Å². The van der Waals surface area contributed by atoms with Gasteiger partial charge in [0, 0.05) is 0 Å². The van der Waals surface area contributed by atoms with Gasteiger partial charge in [-0.25, -0.2) is 0 Å². The number of hydrogen-bond acceptors (Lipinski definition) is 4. The third kappa shape index (κ3) is 11.3. The molecule has 4 aromatic carbocycles. The predicted octanol–water partition coefficient (Wildman–Crippen LogP) is 11.4. The van der Waals surface area contributed by atoms with Crippen LogP contribution in [0.5, 0.6) is 11.5 Å². The van der Waals surface area contributed by atoms with Gasteiger partial charge in [0.05, 0.1) is 19.1 Å². The fraction of sp³-hybridized carbons (Fsp3) is 0.439. The number of fused-ring (bicyclic) bond motifs is 1. The van der Waals surface area contributed by atoms with Gasteiger partial charge in [-0.1, -0.05) is 132 Å². The number of hydrogen-bond donors (Lipinski definition) is 0. The first-order valence-electron chi connectivity index (χ1n) is 17.2. The molecule has 0 aromatic heterocycles. The van der Waals surface area contributed by atoms with Crippen molar-refractivity contribution < 1.29 is 19.0 Å². The molecule has 0 aliphatic rings. The second-order valence-corrected chi connectivity index (χ2v) is 12.2. The summed E-state index contributed by atoms with van der Waals surface area (Å²) < 4.78 is 17.6. The number of ether oxygens (including phenoxy) is 3. The minimum atomic E-state index is -0.287. The molecule has 0 fully saturated rings. The topological polar surface area (TPSA) is 44.8 Å². The van der Waals surface area contributed by atoms with Crippen LogP contribution >= 0.6 is 0 Å². The molecule has 0 bridgehead atoms. The largest absolute Gasteiger partial charge is 0.494 e. The number of esters is 1. The molecule has 0 aliphatic heterocycles. The van der Waals surface area contributed by atoms with Crippen LogP contribution in [-0.2, 0) is 16.1 Å². The molecule has 0 amide bonds. The van der Waals surface area contributed by atoms with E-state index in [-0.39, 0.29) is 11.9 Å². The van der Waals surface area contributed by atoms with Gasteiger partial charge in [0.2, 0.25) is 0 Å². The minimum Gasteiger partial charge on any atom is -0.494 e. The molecule has 0 saturated heterocycles. The first-order chi connectivity index (χ1) is 22.1. The molecule has 0 N–H and O–H groups in total. The fourth-order valence-corrected chi connectivity index (χ4v) is 5.52. The summed E-state index contributed by atoms with van der Waals surface area (Å²) in [6.07, 6.45) is 13.4. The van der Waals surface area contributed by atoms with E-state index in [4.69, 9.17) is 14.2 Å². The zero-order valence-electron chi connectivity index (χ0n) is 27.7. The zero-order valence-corrected chi connectivity index (χ0v) is 27.7. The van der Waals surface area contributed by atoms with Crippen LogP contribution in [0, 0.1) is 0 Å². The number of carbonyl (C=O) groups excluding carboxylic acids is 1. The van der Waals surface area contributed by atoms with Gasteiger partial charge < -0.3 is 14.2 Å². The summed E-state index contributed by atoms with van der Waals surface area (Å²) in [6, 6.07) is 29.2. The van der Waals surface area contributed by atoms with Crippen molar-refractivity contribution in [1.29, 1.82) is 0 Å². The second kappa shape index (κ2) is 18.9. The van der Waals surface area contributed by atoms with Crippen LogP contribution in [-0.4, -0.2) is 19.2 Å². The molecule has 0 aliphatic carbocycles. The number of rotatable bonds is 20. The van der Waals surface area contributed by atoms with Crippen LogP contribution in [0.4, 0.5) is 0 Å². The lowest BCUT2D eigenvalue weighted by Crippen LogP contribution is -2.14. The molecule has 240 valence electrons. The van der Waals surface area contributed by atoms with Crippen LogP contribution in [0.3, 0.4) is 0 Å². The van der Waals surface area contributed by atoms with E-state index in [1.165, 1.54) is 62.5 Å². The van der Waals surface area contributed by atoms with Gasteiger partial charge in [-0.15, -0.1) is 0 Å². The van der Waals surface area contributed by atoms with E-state index in [9.17, 15) is 4.79 Å². The van der Waals surface area contributed by atoms with Crippen molar-refractivity contribution in [3.05, 3.63) is 96.1 Å². The van der Waals surface area contributed by atoms with Crippen molar-refractivity contribution in [2.24, 2.45) is 0 Å². The van der Waals surface area contributed by atoms with Crippen LogP contribution in [0.15, 0.2) is 84.9 Å². The fourth-order valence-electron chi connectivity index (χ4n) is 5.52. The van der Waals surface area contributed by atoms with E-state index < -0.39 is 0 Å². The summed E-state index contributed by atoms with van der Waals surface area (Å²) in [5, 5.41) is 2.17. The van der Waals surface area contributed by atoms with Crippen LogP contribution in [0.25, 0.3) is 21.9 Å². The highest BCUT2D eigenvalue weighted by atomic mass is 16.5. The quantitative estimate of drug-likeness (QED) is 0.0739. The van der Waals surface area contributed by atoms with Crippen molar-refractivity contribution in [2.45, 2.75) is 104 Å². The van der Waals surface area contributed by atoms with E-state index in [0.717, 1.165) is 59.3 Å². The summed E-state index contributed by atoms with van der Waals surface area (Å²) in [5.41, 5.74) is 4.44. The Kier molecular flexibility index (Phi) is 14.3. The number of unbranched alkanes of at least 4 members (excludes halogenated alkanes) is 9. The SMILES string of the molecule is CCCCCCCCCOc1ccc(-c2ccc(COc3ccc4cc([C@H](C)C(=O)OCCCCCC)ccc4c3)cc2)cc1. The van der Waals surface area contributed by atoms with Gasteiger partial charge in [0.1, 0.15) is 18.1 Å². The molecular formula is C41H52O4. The molecule has 0 saturated carbocycles. The van der Waals surface area contributed by atoms with Gasteiger partial charge in [0.15, 0.2) is 0 Å². The average molecular weight is 609 g/mol. The molecule has 4 rings (SSSR count). The Balaban J connectivity index is 1.22. The van der Waals surface area contributed by atoms with Crippen molar-refractivity contribution in [3.63, 3.8) is 0 Å². The van der Waals surface area contributed by atoms with Gasteiger partial charge in [0.25, 0.3) is 0 Å². The Bertz CT molecular complexity index is 1420. The van der Waals surface area contributed by atoms with E-state index >= 15 is 0 Å². The van der Waals surface area contributed by atoms with Crippen molar-refractivity contribution >= 4 is 16.7 Å². The maximum absolute atomic E-state index is 12.5. The molecule has 0 heterocycles. The first-order valence-corrected chi connectivity index (χ1v) is 17.2. The Hall–Kier alpha value is -3.79. The molecule has 4 nitrogen and oxygen atoms in total. The lowest BCUT2D eigenvalue weighted by Gasteiger charge is -2.13. The standard InChI is InChI=1S/C41H52O4/c1-4-6-8-10-11-12-14-27-43-39-24-21-35(22-25-39)34-17-15-33(16-18-34)31-45-40-26-23-37-29-36(19-20-38(37)30-40)32(3)41(42)44-28-13-9-7-5-2/h15-26,29-30,32H,4-14,27-28,31H2,1-3H3/t32-/m0/s1. The Morgan fingerprint density at radius 1 is 0.578 bits per heavy atom. The average Bonchev–Trinajstić information content (AvgIpc) is 3.08. The van der Waals surface area contributed by atoms with Crippen LogP contribution in [0.2, 0.25) is 0 Å². The van der Waals surface area contributed by atoms with Crippen molar-refractivity contribution in [3.8, 4) is 22.6 Å². The van der Waals surface area contributed by atoms with Gasteiger partial charge in [-0.3, -0.25) is 4.79 Å². The highest BCUT2D eigenvalue weighted by molar-refractivity contribution is 5.86. The molecule has 0 spiro atoms. The summed E-state index contributed by atoms with van der Waals surface area (Å²) in [5.74, 6) is 1.32. The van der Waals surface area contributed by atoms with Crippen molar-refractivity contribution in [1.82, 2.24) is 0 Å². The third-order valence-electron chi connectivity index (χ3n) is 8.50. The van der Waals surface area contributed by atoms with E-state index in [1.807, 2.05) is 19.1 Å². The van der Waals surface area contributed by atoms with E-state index in [0.29, 0.717) is 13.2 Å². The van der Waals surface area contributed by atoms with Gasteiger partial charge in [-0.05, 0) is 77.1 Å². The molecule has 0 radical (unpaired) electrons. The summed E-state index contributed by atoms with van der Waals surface area (Å²) in [7, 11) is 0. The normalized spacial score (nSPS) is 11.8. The lowest BCUT2D eigenvalue weighted by molar-refractivity contribution is -0.145. The summed E-state index contributed by atoms with van der Waals surface area (Å²) >= 11 is 0. The maximum Gasteiger partial charge on any atom is 0.313 e. The third-order valence-corrected chi connectivity index (χ3v) is 8.50. The second-order valence-electron chi connectivity index (χ2n) is 12.2. The minimum absolute atomic E-state index is 0.156.